The zero-order valence-corrected chi connectivity index (χ0v) is 18.3. The largest absolute Gasteiger partial charge is 0.347 e. The maximum Gasteiger partial charge on any atom is 0.172 e. The first kappa shape index (κ1) is 19.3. The van der Waals surface area contributed by atoms with E-state index in [9.17, 15) is 4.39 Å². The van der Waals surface area contributed by atoms with Gasteiger partial charge in [0.25, 0.3) is 0 Å². The Morgan fingerprint density at radius 2 is 1.87 bits per heavy atom. The minimum absolute atomic E-state index is 0.0403. The van der Waals surface area contributed by atoms with Crippen LogP contribution in [0.1, 0.15) is 70.8 Å². The van der Waals surface area contributed by atoms with Crippen LogP contribution in [0, 0.1) is 23.1 Å². The summed E-state index contributed by atoms with van der Waals surface area (Å²) in [6.07, 6.45) is 11.6. The molecule has 0 N–H and O–H groups in total. The predicted molar refractivity (Wildman–Crippen MR) is 116 cm³/mol. The minimum Gasteiger partial charge on any atom is -0.347 e. The van der Waals surface area contributed by atoms with Crippen molar-refractivity contribution in [3.05, 3.63) is 58.4 Å². The first-order valence-corrected chi connectivity index (χ1v) is 11.9. The molecule has 1 aromatic rings. The van der Waals surface area contributed by atoms with Gasteiger partial charge in [-0.1, -0.05) is 37.6 Å². The molecule has 1 aliphatic heterocycles. The van der Waals surface area contributed by atoms with Gasteiger partial charge in [0.05, 0.1) is 13.2 Å². The van der Waals surface area contributed by atoms with E-state index in [1.54, 1.807) is 28.9 Å². The SMILES string of the molecule is C[C@]12CC=C3C4=C(CC[C@H]3[C@@H]1CC[C@]2(C)c1cccc(F)c1)CC1(CC4)OCCO1. The van der Waals surface area contributed by atoms with Crippen LogP contribution in [0.15, 0.2) is 47.1 Å². The number of hydrogen-bond donors (Lipinski definition) is 0. The number of hydrogen-bond acceptors (Lipinski definition) is 2. The first-order chi connectivity index (χ1) is 14.4. The van der Waals surface area contributed by atoms with Crippen LogP contribution in [0.3, 0.4) is 0 Å². The molecule has 1 saturated heterocycles. The van der Waals surface area contributed by atoms with Gasteiger partial charge in [-0.25, -0.2) is 4.39 Å². The van der Waals surface area contributed by atoms with Crippen LogP contribution in [-0.4, -0.2) is 19.0 Å². The highest BCUT2D eigenvalue weighted by Gasteiger charge is 2.59. The molecule has 0 radical (unpaired) electrons. The maximum atomic E-state index is 14.1. The van der Waals surface area contributed by atoms with Gasteiger partial charge >= 0.3 is 0 Å². The van der Waals surface area contributed by atoms with E-state index in [2.05, 4.69) is 26.0 Å². The maximum absolute atomic E-state index is 14.1. The molecule has 1 saturated carbocycles. The van der Waals surface area contributed by atoms with Crippen LogP contribution < -0.4 is 0 Å². The Bertz CT molecular complexity index is 940. The molecular formula is C27H33FO2. The molecule has 4 aliphatic carbocycles. The van der Waals surface area contributed by atoms with Gasteiger partial charge in [-0.2, -0.15) is 0 Å². The van der Waals surface area contributed by atoms with E-state index in [1.165, 1.54) is 24.8 Å². The highest BCUT2D eigenvalue weighted by molar-refractivity contribution is 5.46. The summed E-state index contributed by atoms with van der Waals surface area (Å²) in [6.45, 7) is 6.37. The lowest BCUT2D eigenvalue weighted by molar-refractivity contribution is -0.164. The molecule has 4 atom stereocenters. The highest BCUT2D eigenvalue weighted by atomic mass is 19.1. The van der Waals surface area contributed by atoms with Crippen LogP contribution >= 0.6 is 0 Å². The average molecular weight is 409 g/mol. The fraction of sp³-hybridized carbons (Fsp3) is 0.630. The molecule has 1 aromatic carbocycles. The summed E-state index contributed by atoms with van der Waals surface area (Å²) in [7, 11) is 0. The third-order valence-electron chi connectivity index (χ3n) is 9.71. The van der Waals surface area contributed by atoms with Crippen molar-refractivity contribution in [3.63, 3.8) is 0 Å². The standard InChI is InChI=1S/C27H33FO2/c1-25(19-4-3-5-20(28)16-19)12-10-24-23-7-6-18-17-27(29-14-15-30-27)13-9-21(18)22(23)8-11-26(24,25)2/h3-5,8,16,23-24H,6-7,9-15,17H2,1-2H3/t23-,24+,25-,26+/m1/s1. The van der Waals surface area contributed by atoms with Crippen LogP contribution in [0.4, 0.5) is 4.39 Å². The quantitative estimate of drug-likeness (QED) is 0.531. The third-order valence-corrected chi connectivity index (χ3v) is 9.71. The normalized spacial score (nSPS) is 39.5. The number of benzene rings is 1. The number of fused-ring (bicyclic) bond motifs is 4. The summed E-state index contributed by atoms with van der Waals surface area (Å²) in [5, 5.41) is 0. The van der Waals surface area contributed by atoms with Crippen LogP contribution in [-0.2, 0) is 14.9 Å². The van der Waals surface area contributed by atoms with E-state index in [1.807, 2.05) is 6.07 Å². The molecule has 2 fully saturated rings. The Morgan fingerprint density at radius 3 is 2.67 bits per heavy atom. The third kappa shape index (κ3) is 2.54. The summed E-state index contributed by atoms with van der Waals surface area (Å²) in [4.78, 5) is 0. The summed E-state index contributed by atoms with van der Waals surface area (Å²) >= 11 is 0. The van der Waals surface area contributed by atoms with Crippen molar-refractivity contribution in [1.82, 2.24) is 0 Å². The number of halogens is 1. The van der Waals surface area contributed by atoms with Crippen LogP contribution in [0.5, 0.6) is 0 Å². The predicted octanol–water partition coefficient (Wildman–Crippen LogP) is 6.46. The van der Waals surface area contributed by atoms with Crippen molar-refractivity contribution in [1.29, 1.82) is 0 Å². The van der Waals surface area contributed by atoms with E-state index in [4.69, 9.17) is 9.47 Å². The topological polar surface area (TPSA) is 18.5 Å². The number of rotatable bonds is 1. The van der Waals surface area contributed by atoms with Gasteiger partial charge in [0, 0.05) is 12.8 Å². The van der Waals surface area contributed by atoms with E-state index in [0.29, 0.717) is 11.8 Å². The van der Waals surface area contributed by atoms with Crippen molar-refractivity contribution >= 4 is 0 Å². The Labute approximate surface area is 179 Å². The molecule has 0 aromatic heterocycles. The van der Waals surface area contributed by atoms with Gasteiger partial charge in [-0.05, 0) is 90.0 Å². The molecule has 1 heterocycles. The van der Waals surface area contributed by atoms with E-state index < -0.39 is 0 Å². The van der Waals surface area contributed by atoms with E-state index >= 15 is 0 Å². The van der Waals surface area contributed by atoms with Gasteiger partial charge in [0.15, 0.2) is 5.79 Å². The second-order valence-corrected chi connectivity index (χ2v) is 10.8. The van der Waals surface area contributed by atoms with Crippen molar-refractivity contribution in [2.75, 3.05) is 13.2 Å². The van der Waals surface area contributed by atoms with Gasteiger partial charge in [-0.15, -0.1) is 0 Å². The molecule has 3 heteroatoms. The number of ether oxygens (including phenoxy) is 2. The Balaban J connectivity index is 1.35. The van der Waals surface area contributed by atoms with E-state index in [-0.39, 0.29) is 22.4 Å². The molecule has 160 valence electrons. The van der Waals surface area contributed by atoms with Gasteiger partial charge < -0.3 is 9.47 Å². The molecule has 2 nitrogen and oxygen atoms in total. The second-order valence-electron chi connectivity index (χ2n) is 10.8. The zero-order valence-electron chi connectivity index (χ0n) is 18.3. The Hall–Kier alpha value is -1.45. The number of allylic oxidation sites excluding steroid dienone is 3. The Kier molecular flexibility index (Phi) is 4.19. The summed E-state index contributed by atoms with van der Waals surface area (Å²) in [6, 6.07) is 7.40. The minimum atomic E-state index is -0.321. The van der Waals surface area contributed by atoms with Crippen molar-refractivity contribution < 1.29 is 13.9 Å². The molecule has 0 unspecified atom stereocenters. The lowest BCUT2D eigenvalue weighted by atomic mass is 9.52. The molecule has 6 rings (SSSR count). The van der Waals surface area contributed by atoms with Crippen molar-refractivity contribution in [2.24, 2.45) is 17.3 Å². The van der Waals surface area contributed by atoms with E-state index in [0.717, 1.165) is 45.3 Å². The molecule has 0 bridgehead atoms. The Morgan fingerprint density at radius 1 is 1.03 bits per heavy atom. The fourth-order valence-electron chi connectivity index (χ4n) is 7.85. The second kappa shape index (κ2) is 6.53. The molecule has 0 amide bonds. The molecule has 1 spiro atoms. The first-order valence-electron chi connectivity index (χ1n) is 11.9. The fourth-order valence-corrected chi connectivity index (χ4v) is 7.85. The van der Waals surface area contributed by atoms with Crippen molar-refractivity contribution in [3.8, 4) is 0 Å². The van der Waals surface area contributed by atoms with Gasteiger partial charge in [0.2, 0.25) is 0 Å². The monoisotopic (exact) mass is 408 g/mol. The zero-order chi connectivity index (χ0) is 20.6. The van der Waals surface area contributed by atoms with Crippen LogP contribution in [0.25, 0.3) is 0 Å². The molecule has 5 aliphatic rings. The smallest absolute Gasteiger partial charge is 0.172 e. The average Bonchev–Trinajstić information content (AvgIpc) is 3.30. The highest BCUT2D eigenvalue weighted by Crippen LogP contribution is 2.66. The van der Waals surface area contributed by atoms with Gasteiger partial charge in [0.1, 0.15) is 5.82 Å². The summed E-state index contributed by atoms with van der Waals surface area (Å²) < 4.78 is 26.1. The molecular weight excluding hydrogens is 375 g/mol. The lowest BCUT2D eigenvalue weighted by Gasteiger charge is -2.52. The van der Waals surface area contributed by atoms with Crippen LogP contribution in [0.2, 0.25) is 0 Å². The summed E-state index contributed by atoms with van der Waals surface area (Å²) in [5.41, 5.74) is 6.31. The lowest BCUT2D eigenvalue weighted by Crippen LogP contribution is -2.46. The van der Waals surface area contributed by atoms with Crippen molar-refractivity contribution in [2.45, 2.75) is 76.4 Å². The molecule has 30 heavy (non-hydrogen) atoms. The summed E-state index contributed by atoms with van der Waals surface area (Å²) in [5.74, 6) is 0.929. The van der Waals surface area contributed by atoms with Gasteiger partial charge in [-0.3, -0.25) is 0 Å².